The Hall–Kier alpha value is -0.830. The first kappa shape index (κ1) is 9.26. The molecular formula is C8H9ClO3. The molecular weight excluding hydrogens is 180 g/mol. The summed E-state index contributed by atoms with van der Waals surface area (Å²) in [6.07, 6.45) is 1.56. The number of carbonyl (C=O) groups is 2. The van der Waals surface area contributed by atoms with Gasteiger partial charge in [-0.15, -0.1) is 0 Å². The van der Waals surface area contributed by atoms with Crippen molar-refractivity contribution in [2.75, 3.05) is 0 Å². The minimum absolute atomic E-state index is 0.117. The molecule has 0 fully saturated rings. The molecule has 0 heterocycles. The molecule has 1 aliphatic rings. The highest BCUT2D eigenvalue weighted by Gasteiger charge is 2.20. The first-order valence-electron chi connectivity index (χ1n) is 3.74. The van der Waals surface area contributed by atoms with Crippen LogP contribution in [-0.2, 0) is 9.59 Å². The second-order valence-corrected chi connectivity index (χ2v) is 3.19. The van der Waals surface area contributed by atoms with Gasteiger partial charge in [0.2, 0.25) is 0 Å². The van der Waals surface area contributed by atoms with E-state index in [-0.39, 0.29) is 17.8 Å². The van der Waals surface area contributed by atoms with Gasteiger partial charge in [-0.25, -0.2) is 0 Å². The van der Waals surface area contributed by atoms with E-state index in [0.717, 1.165) is 6.42 Å². The van der Waals surface area contributed by atoms with Crippen LogP contribution in [0.25, 0.3) is 0 Å². The van der Waals surface area contributed by atoms with Gasteiger partial charge < -0.3 is 5.11 Å². The van der Waals surface area contributed by atoms with E-state index < -0.39 is 5.97 Å². The average Bonchev–Trinajstić information content (AvgIpc) is 1.97. The third-order valence-electron chi connectivity index (χ3n) is 1.79. The number of carbonyl (C=O) groups excluding carboxylic acids is 1. The van der Waals surface area contributed by atoms with Crippen molar-refractivity contribution in [2.24, 2.45) is 0 Å². The Morgan fingerprint density at radius 2 is 2.17 bits per heavy atom. The molecule has 0 atom stereocenters. The van der Waals surface area contributed by atoms with Crippen molar-refractivity contribution < 1.29 is 14.7 Å². The predicted molar refractivity (Wildman–Crippen MR) is 44.0 cm³/mol. The first-order valence-corrected chi connectivity index (χ1v) is 4.11. The van der Waals surface area contributed by atoms with Gasteiger partial charge in [0.1, 0.15) is 0 Å². The van der Waals surface area contributed by atoms with E-state index in [1.807, 2.05) is 0 Å². The summed E-state index contributed by atoms with van der Waals surface area (Å²) in [4.78, 5) is 21.4. The normalized spacial score (nSPS) is 18.2. The molecule has 0 aromatic carbocycles. The highest BCUT2D eigenvalue weighted by atomic mass is 35.5. The quantitative estimate of drug-likeness (QED) is 0.718. The van der Waals surface area contributed by atoms with Crippen molar-refractivity contribution in [1.82, 2.24) is 0 Å². The second-order valence-electron chi connectivity index (χ2n) is 2.73. The molecule has 0 radical (unpaired) electrons. The molecule has 1 N–H and O–H groups in total. The Bertz CT molecular complexity index is 255. The molecule has 66 valence electrons. The van der Waals surface area contributed by atoms with Gasteiger partial charge in [-0.05, 0) is 12.8 Å². The van der Waals surface area contributed by atoms with Crippen molar-refractivity contribution in [2.45, 2.75) is 25.7 Å². The molecule has 0 aromatic heterocycles. The fourth-order valence-electron chi connectivity index (χ4n) is 1.20. The van der Waals surface area contributed by atoms with E-state index in [9.17, 15) is 9.59 Å². The molecule has 0 saturated carbocycles. The van der Waals surface area contributed by atoms with Crippen LogP contribution in [0.2, 0.25) is 0 Å². The maximum atomic E-state index is 11.1. The van der Waals surface area contributed by atoms with Gasteiger partial charge in [-0.3, -0.25) is 9.59 Å². The van der Waals surface area contributed by atoms with Gasteiger partial charge in [0.05, 0.1) is 6.42 Å². The fraction of sp³-hybridized carbons (Fsp3) is 0.500. The van der Waals surface area contributed by atoms with Crippen LogP contribution in [0.4, 0.5) is 0 Å². The number of carboxylic acids is 1. The second kappa shape index (κ2) is 3.72. The Morgan fingerprint density at radius 3 is 2.67 bits per heavy atom. The van der Waals surface area contributed by atoms with Crippen LogP contribution in [0, 0.1) is 0 Å². The molecule has 0 spiro atoms. The Labute approximate surface area is 75.0 Å². The predicted octanol–water partition coefficient (Wildman–Crippen LogP) is 1.71. The highest BCUT2D eigenvalue weighted by Crippen LogP contribution is 2.26. The summed E-state index contributed by atoms with van der Waals surface area (Å²) in [7, 11) is 0. The van der Waals surface area contributed by atoms with Gasteiger partial charge in [-0.1, -0.05) is 11.6 Å². The smallest absolute Gasteiger partial charge is 0.307 e. The molecule has 0 saturated heterocycles. The number of carboxylic acid groups (broad SMARTS) is 1. The van der Waals surface area contributed by atoms with Crippen molar-refractivity contribution in [3.63, 3.8) is 0 Å². The first-order chi connectivity index (χ1) is 5.61. The van der Waals surface area contributed by atoms with Gasteiger partial charge in [0, 0.05) is 17.0 Å². The number of rotatable bonds is 2. The summed E-state index contributed by atoms with van der Waals surface area (Å²) in [5, 5.41) is 8.88. The molecule has 4 heteroatoms. The monoisotopic (exact) mass is 188 g/mol. The van der Waals surface area contributed by atoms with Gasteiger partial charge in [0.25, 0.3) is 0 Å². The van der Waals surface area contributed by atoms with Crippen molar-refractivity contribution in [3.8, 4) is 0 Å². The van der Waals surface area contributed by atoms with E-state index in [4.69, 9.17) is 16.7 Å². The summed E-state index contributed by atoms with van der Waals surface area (Å²) in [5.74, 6) is -1.12. The molecule has 0 aromatic rings. The summed E-state index contributed by atoms with van der Waals surface area (Å²) >= 11 is 5.72. The van der Waals surface area contributed by atoms with E-state index in [1.165, 1.54) is 0 Å². The van der Waals surface area contributed by atoms with Gasteiger partial charge in [-0.2, -0.15) is 0 Å². The van der Waals surface area contributed by atoms with Gasteiger partial charge >= 0.3 is 5.97 Å². The van der Waals surface area contributed by atoms with Crippen LogP contribution in [-0.4, -0.2) is 16.9 Å². The largest absolute Gasteiger partial charge is 0.481 e. The average molecular weight is 189 g/mol. The summed E-state index contributed by atoms with van der Waals surface area (Å²) in [6.45, 7) is 0. The van der Waals surface area contributed by atoms with Gasteiger partial charge in [0.15, 0.2) is 5.78 Å². The van der Waals surface area contributed by atoms with E-state index in [2.05, 4.69) is 0 Å². The maximum absolute atomic E-state index is 11.1. The molecule has 1 aliphatic carbocycles. The molecule has 12 heavy (non-hydrogen) atoms. The zero-order chi connectivity index (χ0) is 9.14. The summed E-state index contributed by atoms with van der Waals surface area (Å²) < 4.78 is 0. The van der Waals surface area contributed by atoms with Crippen molar-refractivity contribution in [1.29, 1.82) is 0 Å². The molecule has 0 unspecified atom stereocenters. The summed E-state index contributed by atoms with van der Waals surface area (Å²) in [6, 6.07) is 0. The molecule has 3 nitrogen and oxygen atoms in total. The van der Waals surface area contributed by atoms with E-state index in [1.54, 1.807) is 0 Å². The Morgan fingerprint density at radius 1 is 1.50 bits per heavy atom. The standard InChI is InChI=1S/C8H9ClO3/c9-6-2-1-3-7(10)5(6)4-8(11)12/h1-4H2,(H,11,12). The Kier molecular flexibility index (Phi) is 2.87. The zero-order valence-corrected chi connectivity index (χ0v) is 7.23. The van der Waals surface area contributed by atoms with Crippen LogP contribution in [0.15, 0.2) is 10.6 Å². The van der Waals surface area contributed by atoms with E-state index in [0.29, 0.717) is 17.9 Å². The van der Waals surface area contributed by atoms with E-state index >= 15 is 0 Å². The van der Waals surface area contributed by atoms with Crippen molar-refractivity contribution in [3.05, 3.63) is 10.6 Å². The number of hydrogen-bond acceptors (Lipinski definition) is 2. The van der Waals surface area contributed by atoms with Crippen LogP contribution >= 0.6 is 11.6 Å². The minimum atomic E-state index is -1.00. The number of aliphatic carboxylic acids is 1. The molecule has 0 amide bonds. The topological polar surface area (TPSA) is 54.4 Å². The molecule has 1 rings (SSSR count). The lowest BCUT2D eigenvalue weighted by Gasteiger charge is -2.12. The third kappa shape index (κ3) is 2.08. The van der Waals surface area contributed by atoms with Crippen LogP contribution in [0.5, 0.6) is 0 Å². The number of halogens is 1. The zero-order valence-electron chi connectivity index (χ0n) is 6.47. The fourth-order valence-corrected chi connectivity index (χ4v) is 1.51. The van der Waals surface area contributed by atoms with Crippen LogP contribution < -0.4 is 0 Å². The number of allylic oxidation sites excluding steroid dienone is 1. The number of ketones is 1. The molecule has 0 bridgehead atoms. The highest BCUT2D eigenvalue weighted by molar-refractivity contribution is 6.32. The van der Waals surface area contributed by atoms with Crippen LogP contribution in [0.3, 0.4) is 0 Å². The van der Waals surface area contributed by atoms with Crippen molar-refractivity contribution >= 4 is 23.4 Å². The maximum Gasteiger partial charge on any atom is 0.307 e. The lowest BCUT2D eigenvalue weighted by Crippen LogP contribution is -2.13. The third-order valence-corrected chi connectivity index (χ3v) is 2.21. The Balaban J connectivity index is 2.81. The minimum Gasteiger partial charge on any atom is -0.481 e. The SMILES string of the molecule is O=C(O)CC1=C(Cl)CCCC1=O. The lowest BCUT2D eigenvalue weighted by atomic mass is 9.96. The molecule has 0 aliphatic heterocycles. The summed E-state index contributed by atoms with van der Waals surface area (Å²) in [5.41, 5.74) is 0.287. The van der Waals surface area contributed by atoms with Crippen LogP contribution in [0.1, 0.15) is 25.7 Å². The lowest BCUT2D eigenvalue weighted by molar-refractivity contribution is -0.137. The number of hydrogen-bond donors (Lipinski definition) is 1. The number of Topliss-reactive ketones (excluding diaryl/α,β-unsaturated/α-hetero) is 1.